The molecule has 0 fully saturated rings. The summed E-state index contributed by atoms with van der Waals surface area (Å²) < 4.78 is 27.2. The van der Waals surface area contributed by atoms with E-state index in [9.17, 15) is 13.8 Å². The minimum atomic E-state index is -1.19. The molecule has 0 aliphatic heterocycles. The molecule has 2 unspecified atom stereocenters. The van der Waals surface area contributed by atoms with Gasteiger partial charge in [0, 0.05) is 22.3 Å². The van der Waals surface area contributed by atoms with Crippen LogP contribution in [-0.2, 0) is 30.8 Å². The Balaban J connectivity index is 2.57. The van der Waals surface area contributed by atoms with Crippen molar-refractivity contribution in [2.75, 3.05) is 20.0 Å². The Morgan fingerprint density at radius 2 is 1.77 bits per heavy atom. The molecule has 1 aromatic carbocycles. The van der Waals surface area contributed by atoms with Crippen LogP contribution in [-0.4, -0.2) is 47.9 Å². The second-order valence-corrected chi connectivity index (χ2v) is 8.22. The van der Waals surface area contributed by atoms with Gasteiger partial charge in [-0.15, -0.1) is 0 Å². The maximum atomic E-state index is 12.3. The molecule has 1 aromatic rings. The molecule has 0 radical (unpaired) electrons. The molecule has 7 nitrogen and oxygen atoms in total. The van der Waals surface area contributed by atoms with Crippen molar-refractivity contribution in [2.24, 2.45) is 0 Å². The highest BCUT2D eigenvalue weighted by Gasteiger charge is 2.25. The maximum Gasteiger partial charge on any atom is 0.408 e. The number of esters is 1. The number of benzene rings is 1. The summed E-state index contributed by atoms with van der Waals surface area (Å²) >= 11 is 0. The third kappa shape index (κ3) is 8.33. The monoisotopic (exact) mass is 385 g/mol. The Labute approximate surface area is 156 Å². The molecule has 1 N–H and O–H groups in total. The summed E-state index contributed by atoms with van der Waals surface area (Å²) in [5, 5.41) is 2.47. The lowest BCUT2D eigenvalue weighted by Gasteiger charge is -2.22. The summed E-state index contributed by atoms with van der Waals surface area (Å²) in [6, 6.07) is 6.37. The van der Waals surface area contributed by atoms with Crippen LogP contribution in [0.3, 0.4) is 0 Å². The fraction of sp³-hybridized carbons (Fsp3) is 0.556. The first-order valence-electron chi connectivity index (χ1n) is 8.20. The van der Waals surface area contributed by atoms with E-state index in [2.05, 4.69) is 5.32 Å². The highest BCUT2D eigenvalue weighted by molar-refractivity contribution is 7.84. The summed E-state index contributed by atoms with van der Waals surface area (Å²) in [5.74, 6) is 0.718. The summed E-state index contributed by atoms with van der Waals surface area (Å²) in [4.78, 5) is 23.7. The topological polar surface area (TPSA) is 90.9 Å². The summed E-state index contributed by atoms with van der Waals surface area (Å²) in [6.07, 6.45) is -0.525. The molecule has 0 aliphatic carbocycles. The largest absolute Gasteiger partial charge is 0.497 e. The minimum Gasteiger partial charge on any atom is -0.497 e. The number of hydrogen-bond donors (Lipinski definition) is 1. The molecule has 2 atom stereocenters. The van der Waals surface area contributed by atoms with Crippen LogP contribution in [0.2, 0.25) is 0 Å². The third-order valence-electron chi connectivity index (χ3n) is 3.30. The third-order valence-corrected chi connectivity index (χ3v) is 4.64. The molecule has 8 heteroatoms. The molecule has 1 rings (SSSR count). The fourth-order valence-corrected chi connectivity index (χ4v) is 3.28. The van der Waals surface area contributed by atoms with E-state index >= 15 is 0 Å². The van der Waals surface area contributed by atoms with E-state index < -0.39 is 34.5 Å². The molecule has 1 amide bonds. The van der Waals surface area contributed by atoms with Crippen LogP contribution in [0.15, 0.2) is 24.3 Å². The zero-order chi connectivity index (χ0) is 19.7. The number of nitrogens with one attached hydrogen (secondary N) is 1. The first-order chi connectivity index (χ1) is 12.1. The molecular formula is C18H27NO6S. The van der Waals surface area contributed by atoms with E-state index in [1.165, 1.54) is 7.11 Å². The van der Waals surface area contributed by atoms with Gasteiger partial charge in [0.2, 0.25) is 0 Å². The van der Waals surface area contributed by atoms with Crippen molar-refractivity contribution in [1.82, 2.24) is 5.32 Å². The number of carbonyl (C=O) groups is 2. The smallest absolute Gasteiger partial charge is 0.408 e. The van der Waals surface area contributed by atoms with Crippen LogP contribution in [0.1, 0.15) is 32.8 Å². The first kappa shape index (κ1) is 22.0. The normalized spacial score (nSPS) is 13.4. The molecule has 0 heterocycles. The zero-order valence-corrected chi connectivity index (χ0v) is 16.7. The van der Waals surface area contributed by atoms with Crippen LogP contribution >= 0.6 is 0 Å². The Bertz CT molecular complexity index is 624. The van der Waals surface area contributed by atoms with E-state index in [-0.39, 0.29) is 12.2 Å². The van der Waals surface area contributed by atoms with Gasteiger partial charge >= 0.3 is 12.1 Å². The van der Waals surface area contributed by atoms with Crippen LogP contribution in [0.25, 0.3) is 0 Å². The number of carbonyl (C=O) groups excluding carboxylic acids is 2. The van der Waals surface area contributed by atoms with E-state index in [1.807, 2.05) is 12.1 Å². The van der Waals surface area contributed by atoms with Gasteiger partial charge < -0.3 is 19.5 Å². The molecule has 0 aliphatic rings. The fourth-order valence-electron chi connectivity index (χ4n) is 2.07. The van der Waals surface area contributed by atoms with Crippen LogP contribution in [0, 0.1) is 0 Å². The standard InChI is InChI=1S/C18H27NO6S/c1-18(2,3)25-17(21)19-15(16(20)24-5)10-11-26(22)12-13-6-8-14(23-4)9-7-13/h6-9,15H,10-12H2,1-5H3,(H,19,21). The zero-order valence-electron chi connectivity index (χ0n) is 15.9. The van der Waals surface area contributed by atoms with Crippen molar-refractivity contribution in [3.05, 3.63) is 29.8 Å². The van der Waals surface area contributed by atoms with E-state index in [4.69, 9.17) is 14.2 Å². The number of rotatable bonds is 8. The Morgan fingerprint density at radius 1 is 1.15 bits per heavy atom. The quantitative estimate of drug-likeness (QED) is 0.691. The molecule has 0 saturated heterocycles. The SMILES string of the molecule is COC(=O)C(CCS(=O)Cc1ccc(OC)cc1)NC(=O)OC(C)(C)C. The van der Waals surface area contributed by atoms with E-state index in [1.54, 1.807) is 40.0 Å². The van der Waals surface area contributed by atoms with Crippen LogP contribution in [0.5, 0.6) is 5.75 Å². The summed E-state index contributed by atoms with van der Waals surface area (Å²) in [7, 11) is 1.62. The van der Waals surface area contributed by atoms with Gasteiger partial charge in [0.1, 0.15) is 17.4 Å². The second-order valence-electron chi connectivity index (χ2n) is 6.65. The van der Waals surface area contributed by atoms with Crippen molar-refractivity contribution in [3.8, 4) is 5.75 Å². The van der Waals surface area contributed by atoms with Crippen LogP contribution < -0.4 is 10.1 Å². The van der Waals surface area contributed by atoms with E-state index in [0.717, 1.165) is 11.3 Å². The van der Waals surface area contributed by atoms with Gasteiger partial charge in [0.05, 0.1) is 14.2 Å². The van der Waals surface area contributed by atoms with Gasteiger partial charge in [-0.05, 0) is 44.9 Å². The number of ether oxygens (including phenoxy) is 3. The molecular weight excluding hydrogens is 358 g/mol. The Morgan fingerprint density at radius 3 is 2.27 bits per heavy atom. The average molecular weight is 385 g/mol. The number of hydrogen-bond acceptors (Lipinski definition) is 6. The van der Waals surface area contributed by atoms with Gasteiger partial charge in [0.15, 0.2) is 0 Å². The number of alkyl carbamates (subject to hydrolysis) is 1. The van der Waals surface area contributed by atoms with Crippen molar-refractivity contribution >= 4 is 22.9 Å². The number of amides is 1. The second kappa shape index (κ2) is 10.2. The number of methoxy groups -OCH3 is 2. The van der Waals surface area contributed by atoms with Gasteiger partial charge in [0.25, 0.3) is 0 Å². The highest BCUT2D eigenvalue weighted by atomic mass is 32.2. The minimum absolute atomic E-state index is 0.189. The van der Waals surface area contributed by atoms with Crippen molar-refractivity contribution in [1.29, 1.82) is 0 Å². The lowest BCUT2D eigenvalue weighted by molar-refractivity contribution is -0.143. The van der Waals surface area contributed by atoms with Gasteiger partial charge in [-0.2, -0.15) is 0 Å². The molecule has 26 heavy (non-hydrogen) atoms. The average Bonchev–Trinajstić information content (AvgIpc) is 2.57. The van der Waals surface area contributed by atoms with Gasteiger partial charge in [-0.1, -0.05) is 12.1 Å². The summed E-state index contributed by atoms with van der Waals surface area (Å²) in [5.41, 5.74) is 0.223. The summed E-state index contributed by atoms with van der Waals surface area (Å²) in [6.45, 7) is 5.18. The van der Waals surface area contributed by atoms with Crippen molar-refractivity contribution in [2.45, 2.75) is 44.6 Å². The lowest BCUT2D eigenvalue weighted by Crippen LogP contribution is -2.44. The Hall–Kier alpha value is -2.09. The molecule has 146 valence electrons. The maximum absolute atomic E-state index is 12.3. The molecule has 0 spiro atoms. The van der Waals surface area contributed by atoms with E-state index in [0.29, 0.717) is 5.75 Å². The lowest BCUT2D eigenvalue weighted by atomic mass is 10.2. The van der Waals surface area contributed by atoms with Gasteiger partial charge in [-0.25, -0.2) is 9.59 Å². The Kier molecular flexibility index (Phi) is 8.57. The van der Waals surface area contributed by atoms with Gasteiger partial charge in [-0.3, -0.25) is 4.21 Å². The van der Waals surface area contributed by atoms with Crippen molar-refractivity contribution in [3.63, 3.8) is 0 Å². The van der Waals surface area contributed by atoms with Crippen LogP contribution in [0.4, 0.5) is 4.79 Å². The predicted octanol–water partition coefficient (Wildman–Crippen LogP) is 2.40. The first-order valence-corrected chi connectivity index (χ1v) is 9.68. The van der Waals surface area contributed by atoms with Crippen molar-refractivity contribution < 1.29 is 28.0 Å². The molecule has 0 aromatic heterocycles. The predicted molar refractivity (Wildman–Crippen MR) is 99.5 cm³/mol. The highest BCUT2D eigenvalue weighted by Crippen LogP contribution is 2.13. The molecule has 0 saturated carbocycles. The molecule has 0 bridgehead atoms.